The summed E-state index contributed by atoms with van der Waals surface area (Å²) in [6.45, 7) is 2.05. The lowest BCUT2D eigenvalue weighted by Gasteiger charge is -2.08. The molecule has 3 rings (SSSR count). The van der Waals surface area contributed by atoms with E-state index in [1.807, 2.05) is 37.3 Å². The summed E-state index contributed by atoms with van der Waals surface area (Å²) in [6, 6.07) is 12.8. The summed E-state index contributed by atoms with van der Waals surface area (Å²) in [7, 11) is 0. The average Bonchev–Trinajstić information content (AvgIpc) is 3.16. The molecule has 1 amide bonds. The molecule has 0 radical (unpaired) electrons. The molecule has 1 heterocycles. The molecule has 1 atom stereocenters. The van der Waals surface area contributed by atoms with Gasteiger partial charge >= 0.3 is 0 Å². The molecular weight excluding hydrogens is 399 g/mol. The van der Waals surface area contributed by atoms with Crippen LogP contribution in [0.4, 0.5) is 15.8 Å². The number of non-ortho nitro benzene ring substituents is 1. The second-order valence-electron chi connectivity index (χ2n) is 6.24. The third-order valence-corrected chi connectivity index (χ3v) is 4.88. The SMILES string of the molecule is CC(Cc1nnc(SCC(=O)Nc2cc([N+](=O)[O-])ccc2F)o1)c1ccccc1. The minimum atomic E-state index is -0.760. The van der Waals surface area contributed by atoms with E-state index in [1.165, 1.54) is 0 Å². The monoisotopic (exact) mass is 416 g/mol. The quantitative estimate of drug-likeness (QED) is 0.333. The van der Waals surface area contributed by atoms with Crippen LogP contribution in [0.15, 0.2) is 58.2 Å². The second-order valence-corrected chi connectivity index (χ2v) is 7.16. The topological polar surface area (TPSA) is 111 Å². The molecule has 8 nitrogen and oxygen atoms in total. The molecule has 1 N–H and O–H groups in total. The van der Waals surface area contributed by atoms with Crippen LogP contribution in [0.3, 0.4) is 0 Å². The standard InChI is InChI=1S/C19H17FN4O4S/c1-12(13-5-3-2-4-6-13)9-18-22-23-19(28-18)29-11-17(25)21-16-10-14(24(26)27)7-8-15(16)20/h2-8,10,12H,9,11H2,1H3,(H,21,25). The van der Waals surface area contributed by atoms with E-state index in [2.05, 4.69) is 15.5 Å². The van der Waals surface area contributed by atoms with Crippen LogP contribution >= 0.6 is 11.8 Å². The normalized spacial score (nSPS) is 11.8. The fourth-order valence-electron chi connectivity index (χ4n) is 2.58. The Morgan fingerprint density at radius 2 is 2.03 bits per heavy atom. The molecule has 3 aromatic rings. The molecule has 29 heavy (non-hydrogen) atoms. The van der Waals surface area contributed by atoms with Crippen LogP contribution in [0.5, 0.6) is 0 Å². The van der Waals surface area contributed by atoms with Crippen LogP contribution in [0, 0.1) is 15.9 Å². The van der Waals surface area contributed by atoms with Crippen molar-refractivity contribution in [3.8, 4) is 0 Å². The fraction of sp³-hybridized carbons (Fsp3) is 0.211. The summed E-state index contributed by atoms with van der Waals surface area (Å²) in [5, 5.41) is 21.2. The predicted octanol–water partition coefficient (Wildman–Crippen LogP) is 4.19. The number of nitro benzene ring substituents is 1. The van der Waals surface area contributed by atoms with Crippen molar-refractivity contribution in [2.24, 2.45) is 0 Å². The Bertz CT molecular complexity index is 1010. The Morgan fingerprint density at radius 1 is 1.28 bits per heavy atom. The number of amides is 1. The molecule has 0 spiro atoms. The van der Waals surface area contributed by atoms with E-state index < -0.39 is 16.6 Å². The number of aromatic nitrogens is 2. The van der Waals surface area contributed by atoms with Gasteiger partial charge in [-0.05, 0) is 17.5 Å². The van der Waals surface area contributed by atoms with Gasteiger partial charge in [-0.3, -0.25) is 14.9 Å². The molecule has 10 heteroatoms. The Kier molecular flexibility index (Phi) is 6.55. The number of nitrogens with zero attached hydrogens (tertiary/aromatic N) is 3. The molecule has 1 aromatic heterocycles. The number of carbonyl (C=O) groups excluding carboxylic acids is 1. The summed E-state index contributed by atoms with van der Waals surface area (Å²) in [5.41, 5.74) is 0.578. The predicted molar refractivity (Wildman–Crippen MR) is 105 cm³/mol. The number of nitrogens with one attached hydrogen (secondary N) is 1. The third kappa shape index (κ3) is 5.61. The lowest BCUT2D eigenvalue weighted by molar-refractivity contribution is -0.384. The number of benzene rings is 2. The van der Waals surface area contributed by atoms with Gasteiger partial charge in [0.05, 0.1) is 16.4 Å². The largest absolute Gasteiger partial charge is 0.416 e. The van der Waals surface area contributed by atoms with Crippen molar-refractivity contribution in [3.63, 3.8) is 0 Å². The number of hydrogen-bond acceptors (Lipinski definition) is 7. The Hall–Kier alpha value is -3.27. The van der Waals surface area contributed by atoms with Gasteiger partial charge in [0.15, 0.2) is 0 Å². The number of anilines is 1. The Labute approximate surface area is 169 Å². The lowest BCUT2D eigenvalue weighted by atomic mass is 9.98. The molecule has 2 aromatic carbocycles. The summed E-state index contributed by atoms with van der Waals surface area (Å²) in [5.74, 6) is -0.780. The van der Waals surface area contributed by atoms with Gasteiger partial charge in [-0.1, -0.05) is 49.0 Å². The highest BCUT2D eigenvalue weighted by molar-refractivity contribution is 7.99. The molecule has 0 fully saturated rings. The molecule has 150 valence electrons. The van der Waals surface area contributed by atoms with Crippen molar-refractivity contribution in [3.05, 3.63) is 75.9 Å². The molecular formula is C19H17FN4O4S. The van der Waals surface area contributed by atoms with Crippen molar-refractivity contribution in [1.82, 2.24) is 10.2 Å². The molecule has 0 aliphatic carbocycles. The third-order valence-electron chi connectivity index (χ3n) is 4.06. The number of hydrogen-bond donors (Lipinski definition) is 1. The minimum Gasteiger partial charge on any atom is -0.416 e. The van der Waals surface area contributed by atoms with Gasteiger partial charge in [-0.25, -0.2) is 4.39 Å². The second kappa shape index (κ2) is 9.28. The van der Waals surface area contributed by atoms with Crippen molar-refractivity contribution in [2.75, 3.05) is 11.1 Å². The number of nitro groups is 1. The zero-order chi connectivity index (χ0) is 20.8. The van der Waals surface area contributed by atoms with Crippen LogP contribution in [-0.4, -0.2) is 26.8 Å². The fourth-order valence-corrected chi connectivity index (χ4v) is 3.16. The number of thioether (sulfide) groups is 1. The van der Waals surface area contributed by atoms with E-state index in [9.17, 15) is 19.3 Å². The van der Waals surface area contributed by atoms with Gasteiger partial charge in [0.1, 0.15) is 5.82 Å². The molecule has 0 aliphatic heterocycles. The maximum atomic E-state index is 13.7. The van der Waals surface area contributed by atoms with Crippen LogP contribution in [0.1, 0.15) is 24.3 Å². The Morgan fingerprint density at radius 3 is 2.76 bits per heavy atom. The minimum absolute atomic E-state index is 0.113. The maximum Gasteiger partial charge on any atom is 0.277 e. The van der Waals surface area contributed by atoms with Crippen LogP contribution < -0.4 is 5.32 Å². The average molecular weight is 416 g/mol. The maximum absolute atomic E-state index is 13.7. The highest BCUT2D eigenvalue weighted by Crippen LogP contribution is 2.24. The van der Waals surface area contributed by atoms with Gasteiger partial charge < -0.3 is 9.73 Å². The summed E-state index contributed by atoms with van der Waals surface area (Å²) in [4.78, 5) is 22.1. The first-order chi connectivity index (χ1) is 13.9. The van der Waals surface area contributed by atoms with Crippen LogP contribution in [-0.2, 0) is 11.2 Å². The van der Waals surface area contributed by atoms with Gasteiger partial charge in [-0.15, -0.1) is 10.2 Å². The van der Waals surface area contributed by atoms with E-state index >= 15 is 0 Å². The zero-order valence-corrected chi connectivity index (χ0v) is 16.2. The summed E-state index contributed by atoms with van der Waals surface area (Å²) >= 11 is 0.999. The summed E-state index contributed by atoms with van der Waals surface area (Å²) < 4.78 is 19.3. The molecule has 0 saturated heterocycles. The first kappa shape index (κ1) is 20.5. The van der Waals surface area contributed by atoms with E-state index in [0.717, 1.165) is 35.5 Å². The van der Waals surface area contributed by atoms with Crippen molar-refractivity contribution >= 4 is 29.0 Å². The number of rotatable bonds is 8. The van der Waals surface area contributed by atoms with E-state index in [4.69, 9.17) is 4.42 Å². The van der Waals surface area contributed by atoms with Crippen molar-refractivity contribution in [2.45, 2.75) is 24.5 Å². The van der Waals surface area contributed by atoms with Gasteiger partial charge in [0, 0.05) is 18.6 Å². The molecule has 0 saturated carbocycles. The molecule has 0 bridgehead atoms. The highest BCUT2D eigenvalue weighted by Gasteiger charge is 2.16. The van der Waals surface area contributed by atoms with E-state index in [-0.39, 0.29) is 28.3 Å². The van der Waals surface area contributed by atoms with Gasteiger partial charge in [0.2, 0.25) is 11.8 Å². The number of halogens is 1. The highest BCUT2D eigenvalue weighted by atomic mass is 32.2. The van der Waals surface area contributed by atoms with Crippen molar-refractivity contribution < 1.29 is 18.5 Å². The van der Waals surface area contributed by atoms with Gasteiger partial charge in [0.25, 0.3) is 10.9 Å². The molecule has 0 aliphatic rings. The first-order valence-electron chi connectivity index (χ1n) is 8.66. The van der Waals surface area contributed by atoms with E-state index in [1.54, 1.807) is 0 Å². The number of carbonyl (C=O) groups is 1. The van der Waals surface area contributed by atoms with Crippen molar-refractivity contribution in [1.29, 1.82) is 0 Å². The zero-order valence-electron chi connectivity index (χ0n) is 15.4. The first-order valence-corrected chi connectivity index (χ1v) is 9.65. The van der Waals surface area contributed by atoms with Crippen LogP contribution in [0.2, 0.25) is 0 Å². The van der Waals surface area contributed by atoms with Gasteiger partial charge in [-0.2, -0.15) is 0 Å². The smallest absolute Gasteiger partial charge is 0.277 e. The van der Waals surface area contributed by atoms with E-state index in [0.29, 0.717) is 12.3 Å². The van der Waals surface area contributed by atoms with Crippen LogP contribution in [0.25, 0.3) is 0 Å². The summed E-state index contributed by atoms with van der Waals surface area (Å²) in [6.07, 6.45) is 0.558. The lowest BCUT2D eigenvalue weighted by Crippen LogP contribution is -2.15. The molecule has 1 unspecified atom stereocenters. The Balaban J connectivity index is 1.54.